The second-order valence-electron chi connectivity index (χ2n) is 15.7. The molecule has 16 nitrogen and oxygen atoms in total. The largest absolute Gasteiger partial charge is 0.508 e. The lowest BCUT2D eigenvalue weighted by molar-refractivity contribution is -0.154. The average molecular weight is 874 g/mol. The number of nitrogens with one attached hydrogen (secondary N) is 1. The van der Waals surface area contributed by atoms with Crippen LogP contribution >= 0.6 is 32.9 Å². The highest BCUT2D eigenvalue weighted by Crippen LogP contribution is 2.39. The summed E-state index contributed by atoms with van der Waals surface area (Å²) < 4.78 is 16.6. The van der Waals surface area contributed by atoms with E-state index in [1.54, 1.807) is 20.8 Å². The molecule has 0 spiro atoms. The summed E-state index contributed by atoms with van der Waals surface area (Å²) in [4.78, 5) is 80.5. The number of nitrogens with zero attached hydrogens (tertiary/aromatic N) is 2. The van der Waals surface area contributed by atoms with Gasteiger partial charge in [0.2, 0.25) is 5.91 Å². The number of aromatic nitrogens is 1. The lowest BCUT2D eigenvalue weighted by Gasteiger charge is -2.34. The van der Waals surface area contributed by atoms with E-state index in [0.29, 0.717) is 25.1 Å². The van der Waals surface area contributed by atoms with Crippen molar-refractivity contribution in [3.8, 4) is 0 Å². The maximum absolute atomic E-state index is 13.5. The van der Waals surface area contributed by atoms with Crippen LogP contribution in [0.25, 0.3) is 6.08 Å². The van der Waals surface area contributed by atoms with Crippen LogP contribution in [0.2, 0.25) is 0 Å². The molecule has 326 valence electrons. The topological polar surface area (TPSA) is 239 Å². The fraction of sp³-hybridized carbons (Fsp3) is 0.718. The third-order valence-electron chi connectivity index (χ3n) is 10.8. The van der Waals surface area contributed by atoms with E-state index in [-0.39, 0.29) is 42.8 Å². The van der Waals surface area contributed by atoms with Crippen molar-refractivity contribution in [2.45, 2.75) is 123 Å². The predicted octanol–water partition coefficient (Wildman–Crippen LogP) is 4.59. The molecular formula is C39H59N3O13S3. The number of aryl methyl sites for hydroxylation is 1. The molecule has 2 unspecified atom stereocenters. The maximum Gasteiger partial charge on any atom is 0.508 e. The Morgan fingerprint density at radius 3 is 2.43 bits per heavy atom. The number of aliphatic hydroxyl groups excluding tert-OH is 2. The number of hydrogen-bond acceptors (Lipinski definition) is 16. The van der Waals surface area contributed by atoms with E-state index in [0.717, 1.165) is 39.9 Å². The molecule has 2 aliphatic rings. The van der Waals surface area contributed by atoms with Gasteiger partial charge in [-0.2, -0.15) is 0 Å². The molecule has 3 heterocycles. The summed E-state index contributed by atoms with van der Waals surface area (Å²) in [6.45, 7) is 12.3. The molecule has 3 rings (SSSR count). The van der Waals surface area contributed by atoms with Gasteiger partial charge in [-0.3, -0.25) is 24.1 Å². The van der Waals surface area contributed by atoms with E-state index < -0.39 is 84.4 Å². The van der Waals surface area contributed by atoms with Gasteiger partial charge >= 0.3 is 24.1 Å². The van der Waals surface area contributed by atoms with E-state index in [9.17, 15) is 44.1 Å². The van der Waals surface area contributed by atoms with Crippen LogP contribution in [0.3, 0.4) is 0 Å². The number of carboxylic acid groups (broad SMARTS) is 2. The highest BCUT2D eigenvalue weighted by molar-refractivity contribution is 8.76. The van der Waals surface area contributed by atoms with Crippen molar-refractivity contribution >= 4 is 74.8 Å². The van der Waals surface area contributed by atoms with Crippen molar-refractivity contribution in [2.24, 2.45) is 23.2 Å². The fourth-order valence-corrected chi connectivity index (χ4v) is 9.54. The Bertz CT molecular complexity index is 1620. The molecule has 2 saturated heterocycles. The molecule has 5 N–H and O–H groups in total. The number of fused-ring (bicyclic) bond motifs is 1. The standard InChI is InChI=1S/C39H59N3O13S3/c1-21-9-8-10-28-29(42(28)11-12-53-38(52)54-13-14-57-58-20-27(37(50)51)41-36(49)23(3)16-32(44)45)17-30(22(2)15-26-19-56-25(5)40-26)55-33(46)18-31(43)39(6,7)35(48)24(4)34(21)47/h15,19,21,23-24,27-31,34,43,47H,8-14,16-18,20H2,1-7H3,(H,41,49)(H,44,45)(H,50,51)/t21-,23-,24+,27?,28+,29-,30-,31-,34-,42?/m0/s1. The number of Topliss-reactive ketones (excluding diaryl/α,β-unsaturated/α-hetero) is 1. The Hall–Kier alpha value is -3.23. The number of carbonyl (C=O) groups excluding carboxylic acids is 4. The minimum atomic E-state index is -1.33. The summed E-state index contributed by atoms with van der Waals surface area (Å²) in [6, 6.07) is -1.17. The van der Waals surface area contributed by atoms with Gasteiger partial charge in [-0.15, -0.1) is 11.3 Å². The molecule has 58 heavy (non-hydrogen) atoms. The number of hydrogen-bond donors (Lipinski definition) is 5. The Kier molecular flexibility index (Phi) is 19.4. The number of amides is 1. The van der Waals surface area contributed by atoms with Crippen LogP contribution in [0.15, 0.2) is 11.0 Å². The van der Waals surface area contributed by atoms with Crippen LogP contribution in [0, 0.1) is 30.1 Å². The summed E-state index contributed by atoms with van der Waals surface area (Å²) in [7, 11) is 2.39. The Labute approximate surface area is 351 Å². The third-order valence-corrected chi connectivity index (χ3v) is 13.9. The zero-order valence-corrected chi connectivity index (χ0v) is 36.7. The third kappa shape index (κ3) is 15.1. The van der Waals surface area contributed by atoms with Crippen molar-refractivity contribution in [1.82, 2.24) is 15.2 Å². The van der Waals surface area contributed by atoms with Crippen LogP contribution in [-0.2, 0) is 38.2 Å². The van der Waals surface area contributed by atoms with Gasteiger partial charge in [0.05, 0.1) is 41.2 Å². The van der Waals surface area contributed by atoms with Crippen LogP contribution < -0.4 is 5.32 Å². The lowest BCUT2D eigenvalue weighted by Crippen LogP contribution is -2.45. The fourth-order valence-electron chi connectivity index (χ4n) is 6.99. The minimum Gasteiger partial charge on any atom is -0.481 e. The van der Waals surface area contributed by atoms with Crippen molar-refractivity contribution in [2.75, 3.05) is 31.3 Å². The molecule has 0 aromatic carbocycles. The normalized spacial score (nSPS) is 28.0. The molecule has 0 bridgehead atoms. The maximum atomic E-state index is 13.5. The van der Waals surface area contributed by atoms with Crippen LogP contribution in [0.5, 0.6) is 0 Å². The Balaban J connectivity index is 1.59. The van der Waals surface area contributed by atoms with Crippen LogP contribution in [0.4, 0.5) is 4.79 Å². The molecule has 0 saturated carbocycles. The number of thiazole rings is 1. The molecule has 1 aromatic heterocycles. The van der Waals surface area contributed by atoms with E-state index in [1.165, 1.54) is 29.1 Å². The highest BCUT2D eigenvalue weighted by atomic mass is 33.1. The molecule has 1 aromatic rings. The first-order chi connectivity index (χ1) is 27.2. The van der Waals surface area contributed by atoms with Gasteiger partial charge in [0.1, 0.15) is 31.1 Å². The Morgan fingerprint density at radius 2 is 1.79 bits per heavy atom. The molecule has 10 atom stereocenters. The van der Waals surface area contributed by atoms with Gasteiger partial charge in [-0.25, -0.2) is 14.6 Å². The van der Waals surface area contributed by atoms with Gasteiger partial charge < -0.3 is 40.0 Å². The first-order valence-electron chi connectivity index (χ1n) is 19.5. The SMILES string of the molecule is CC(=Cc1csc(C)n1)[C@@H]1C[C@H]2[C@@H](CCC[C@H](C)[C@H](O)[C@@H](C)C(=O)C(C)(C)[C@@H](O)CC(=O)O1)N2CCOC(=O)OCCSSCC(NC(=O)[C@@H](C)CC(=O)O)C(=O)O. The summed E-state index contributed by atoms with van der Waals surface area (Å²) in [5, 5.41) is 45.7. The molecule has 2 aliphatic heterocycles. The van der Waals surface area contributed by atoms with Crippen molar-refractivity contribution in [3.63, 3.8) is 0 Å². The molecule has 1 amide bonds. The number of ether oxygens (including phenoxy) is 3. The Morgan fingerprint density at radius 1 is 1.10 bits per heavy atom. The van der Waals surface area contributed by atoms with E-state index in [1.807, 2.05) is 32.2 Å². The molecular weight excluding hydrogens is 815 g/mol. The number of carbonyl (C=O) groups is 6. The van der Waals surface area contributed by atoms with Gasteiger partial charge in [-0.1, -0.05) is 62.6 Å². The molecule has 19 heteroatoms. The number of aliphatic hydroxyl groups is 2. The van der Waals surface area contributed by atoms with Crippen LogP contribution in [0.1, 0.15) is 90.8 Å². The van der Waals surface area contributed by atoms with Gasteiger partial charge in [0.15, 0.2) is 0 Å². The summed E-state index contributed by atoms with van der Waals surface area (Å²) in [6.07, 6.45) is -0.129. The quantitative estimate of drug-likeness (QED) is 0.0661. The zero-order valence-electron chi connectivity index (χ0n) is 34.2. The van der Waals surface area contributed by atoms with Gasteiger partial charge in [0.25, 0.3) is 0 Å². The summed E-state index contributed by atoms with van der Waals surface area (Å²) in [5.41, 5.74) is 0.205. The summed E-state index contributed by atoms with van der Waals surface area (Å²) in [5.74, 6) is -5.59. The van der Waals surface area contributed by atoms with Crippen molar-refractivity contribution < 1.29 is 63.4 Å². The van der Waals surface area contributed by atoms with Gasteiger partial charge in [-0.05, 0) is 44.3 Å². The number of cyclic esters (lactones) is 1. The second kappa shape index (κ2) is 23.0. The minimum absolute atomic E-state index is 0.00643. The zero-order chi connectivity index (χ0) is 43.3. The van der Waals surface area contributed by atoms with Crippen LogP contribution in [-0.4, -0.2) is 134 Å². The molecule has 0 aliphatic carbocycles. The number of rotatable bonds is 16. The smallest absolute Gasteiger partial charge is 0.481 e. The summed E-state index contributed by atoms with van der Waals surface area (Å²) >= 11 is 1.50. The predicted molar refractivity (Wildman–Crippen MR) is 220 cm³/mol. The highest BCUT2D eigenvalue weighted by Gasteiger charge is 2.49. The molecule has 0 radical (unpaired) electrons. The van der Waals surface area contributed by atoms with E-state index in [4.69, 9.17) is 19.3 Å². The van der Waals surface area contributed by atoms with Crippen molar-refractivity contribution in [3.05, 3.63) is 21.7 Å². The number of aliphatic carboxylic acids is 2. The monoisotopic (exact) mass is 873 g/mol. The number of ketones is 1. The average Bonchev–Trinajstić information content (AvgIpc) is 3.61. The van der Waals surface area contributed by atoms with Crippen molar-refractivity contribution in [1.29, 1.82) is 0 Å². The first kappa shape index (κ1) is 49.1. The second-order valence-corrected chi connectivity index (χ2v) is 19.4. The molecule has 2 fully saturated rings. The van der Waals surface area contributed by atoms with E-state index in [2.05, 4.69) is 15.2 Å². The lowest BCUT2D eigenvalue weighted by atomic mass is 9.73. The number of esters is 1. The van der Waals surface area contributed by atoms with E-state index >= 15 is 0 Å². The number of carboxylic acids is 2. The van der Waals surface area contributed by atoms with Gasteiger partial charge in [0, 0.05) is 53.8 Å². The first-order valence-corrected chi connectivity index (χ1v) is 22.8.